The first-order valence-electron chi connectivity index (χ1n) is 10.4. The number of hydrogen-bond donors (Lipinski definition) is 0. The molecule has 5 nitrogen and oxygen atoms in total. The van der Waals surface area contributed by atoms with E-state index in [-0.39, 0.29) is 23.5 Å². The second-order valence-electron chi connectivity index (χ2n) is 8.66. The number of aryl methyl sites for hydroxylation is 1. The van der Waals surface area contributed by atoms with Gasteiger partial charge in [-0.05, 0) is 69.2 Å². The van der Waals surface area contributed by atoms with Gasteiger partial charge in [-0.3, -0.25) is 4.79 Å². The third kappa shape index (κ3) is 4.42. The first kappa shape index (κ1) is 21.7. The lowest BCUT2D eigenvalue weighted by Crippen LogP contribution is -2.51. The van der Waals surface area contributed by atoms with E-state index in [2.05, 4.69) is 4.98 Å². The molecule has 166 valence electrons. The molecule has 2 heterocycles. The van der Waals surface area contributed by atoms with Gasteiger partial charge in [0.15, 0.2) is 5.76 Å². The van der Waals surface area contributed by atoms with E-state index >= 15 is 0 Å². The van der Waals surface area contributed by atoms with E-state index < -0.39 is 11.4 Å². The fourth-order valence-electron chi connectivity index (χ4n) is 3.85. The number of morpholine rings is 1. The van der Waals surface area contributed by atoms with Crippen molar-refractivity contribution >= 4 is 12.0 Å². The average Bonchev–Trinajstić information content (AvgIpc) is 3.16. The van der Waals surface area contributed by atoms with Gasteiger partial charge in [0.25, 0.3) is 5.91 Å². The molecule has 0 radical (unpaired) electrons. The van der Waals surface area contributed by atoms with E-state index in [1.165, 1.54) is 18.2 Å². The van der Waals surface area contributed by atoms with Crippen molar-refractivity contribution in [2.45, 2.75) is 39.3 Å². The van der Waals surface area contributed by atoms with Gasteiger partial charge in [0.2, 0.25) is 0 Å². The van der Waals surface area contributed by atoms with Crippen LogP contribution in [0.5, 0.6) is 0 Å². The lowest BCUT2D eigenvalue weighted by molar-refractivity contribution is -0.149. The minimum Gasteiger partial charge on any atom is -0.480 e. The van der Waals surface area contributed by atoms with E-state index in [4.69, 9.17) is 4.74 Å². The van der Waals surface area contributed by atoms with Gasteiger partial charge in [0.1, 0.15) is 17.2 Å². The molecule has 1 fully saturated rings. The largest absolute Gasteiger partial charge is 0.480 e. The van der Waals surface area contributed by atoms with E-state index in [1.807, 2.05) is 27.7 Å². The summed E-state index contributed by atoms with van der Waals surface area (Å²) in [6, 6.07) is 10.6. The molecule has 0 saturated carbocycles. The van der Waals surface area contributed by atoms with Crippen LogP contribution >= 0.6 is 0 Å². The Balaban J connectivity index is 1.64. The maximum atomic E-state index is 14.8. The smallest absolute Gasteiger partial charge is 0.289 e. The number of rotatable bonds is 4. The predicted octanol–water partition coefficient (Wildman–Crippen LogP) is 5.20. The Morgan fingerprint density at radius 2 is 1.88 bits per heavy atom. The number of carbonyl (C=O) groups excluding carboxylic acids is 1. The SMILES string of the molecule is Cc1cn(-c2ccc(C=C3OC(C)(C)CN([C@@H](C)c4ccc(F)cc4)C3=O)cc2F)cn1. The molecule has 1 atom stereocenters. The molecule has 0 aliphatic carbocycles. The van der Waals surface area contributed by atoms with Crippen LogP contribution in [0.2, 0.25) is 0 Å². The first-order valence-corrected chi connectivity index (χ1v) is 10.4. The number of carbonyl (C=O) groups is 1. The second kappa shape index (κ2) is 8.22. The van der Waals surface area contributed by atoms with Crippen LogP contribution in [0.4, 0.5) is 8.78 Å². The fourth-order valence-corrected chi connectivity index (χ4v) is 3.85. The molecule has 1 aliphatic heterocycles. The number of nitrogens with zero attached hydrogens (tertiary/aromatic N) is 3. The summed E-state index contributed by atoms with van der Waals surface area (Å²) in [5.74, 6) is -0.918. The number of benzene rings is 2. The summed E-state index contributed by atoms with van der Waals surface area (Å²) in [7, 11) is 0. The molecule has 0 N–H and O–H groups in total. The highest BCUT2D eigenvalue weighted by molar-refractivity contribution is 5.97. The number of amides is 1. The molecule has 1 aliphatic rings. The van der Waals surface area contributed by atoms with Crippen molar-refractivity contribution in [1.82, 2.24) is 14.5 Å². The van der Waals surface area contributed by atoms with Gasteiger partial charge in [0, 0.05) is 6.20 Å². The molecule has 2 aromatic carbocycles. The molecular weight excluding hydrogens is 412 g/mol. The van der Waals surface area contributed by atoms with Crippen molar-refractivity contribution in [2.24, 2.45) is 0 Å². The zero-order chi connectivity index (χ0) is 23.0. The summed E-state index contributed by atoms with van der Waals surface area (Å²) in [5, 5.41) is 0. The van der Waals surface area contributed by atoms with E-state index in [0.29, 0.717) is 17.8 Å². The molecule has 32 heavy (non-hydrogen) atoms. The average molecular weight is 437 g/mol. The number of hydrogen-bond acceptors (Lipinski definition) is 3. The minimum atomic E-state index is -0.638. The van der Waals surface area contributed by atoms with Gasteiger partial charge in [-0.2, -0.15) is 0 Å². The standard InChI is InChI=1S/C25H25F2N3O2/c1-16-13-29(15-28-16)22-10-5-18(11-21(22)27)12-23-24(31)30(14-25(3,4)32-23)17(2)19-6-8-20(26)9-7-19/h5-13,15,17H,14H2,1-4H3/t17-/m0/s1. The lowest BCUT2D eigenvalue weighted by Gasteiger charge is -2.42. The topological polar surface area (TPSA) is 47.4 Å². The van der Waals surface area contributed by atoms with Gasteiger partial charge in [0.05, 0.1) is 30.3 Å². The Hall–Kier alpha value is -3.48. The van der Waals surface area contributed by atoms with Crippen LogP contribution in [0.25, 0.3) is 11.8 Å². The Morgan fingerprint density at radius 1 is 1.16 bits per heavy atom. The number of aromatic nitrogens is 2. The summed E-state index contributed by atoms with van der Waals surface area (Å²) >= 11 is 0. The van der Waals surface area contributed by atoms with Gasteiger partial charge < -0.3 is 14.2 Å². The third-order valence-corrected chi connectivity index (χ3v) is 5.49. The van der Waals surface area contributed by atoms with Gasteiger partial charge in [-0.25, -0.2) is 13.8 Å². The quantitative estimate of drug-likeness (QED) is 0.527. The summed E-state index contributed by atoms with van der Waals surface area (Å²) in [6.07, 6.45) is 4.85. The van der Waals surface area contributed by atoms with Crippen molar-refractivity contribution < 1.29 is 18.3 Å². The van der Waals surface area contributed by atoms with Gasteiger partial charge >= 0.3 is 0 Å². The molecular formula is C25H25F2N3O2. The Bertz CT molecular complexity index is 1180. The van der Waals surface area contributed by atoms with Crippen molar-refractivity contribution in [3.8, 4) is 5.69 Å². The zero-order valence-corrected chi connectivity index (χ0v) is 18.5. The number of ether oxygens (including phenoxy) is 1. The van der Waals surface area contributed by atoms with Crippen molar-refractivity contribution in [3.05, 3.63) is 89.2 Å². The van der Waals surface area contributed by atoms with E-state index in [9.17, 15) is 13.6 Å². The van der Waals surface area contributed by atoms with E-state index in [0.717, 1.165) is 11.3 Å². The second-order valence-corrected chi connectivity index (χ2v) is 8.66. The minimum absolute atomic E-state index is 0.140. The molecule has 0 bridgehead atoms. The van der Waals surface area contributed by atoms with Crippen LogP contribution in [0.3, 0.4) is 0 Å². The molecule has 4 rings (SSSR count). The summed E-state index contributed by atoms with van der Waals surface area (Å²) in [4.78, 5) is 19.0. The fraction of sp³-hybridized carbons (Fsp3) is 0.280. The van der Waals surface area contributed by atoms with E-state index in [1.54, 1.807) is 52.3 Å². The maximum absolute atomic E-state index is 14.8. The monoisotopic (exact) mass is 437 g/mol. The van der Waals surface area contributed by atoms with Crippen LogP contribution in [-0.4, -0.2) is 32.5 Å². The van der Waals surface area contributed by atoms with Crippen LogP contribution in [0.15, 0.2) is 60.7 Å². The molecule has 1 amide bonds. The molecule has 7 heteroatoms. The van der Waals surface area contributed by atoms with Crippen molar-refractivity contribution in [2.75, 3.05) is 6.54 Å². The van der Waals surface area contributed by atoms with Gasteiger partial charge in [-0.1, -0.05) is 18.2 Å². The summed E-state index contributed by atoms with van der Waals surface area (Å²) in [6.45, 7) is 7.88. The molecule has 0 spiro atoms. The van der Waals surface area contributed by atoms with Crippen LogP contribution < -0.4 is 0 Å². The Labute approximate surface area is 186 Å². The third-order valence-electron chi connectivity index (χ3n) is 5.49. The van der Waals surface area contributed by atoms with Crippen molar-refractivity contribution in [1.29, 1.82) is 0 Å². The first-order chi connectivity index (χ1) is 15.1. The molecule has 1 aromatic heterocycles. The maximum Gasteiger partial charge on any atom is 0.289 e. The van der Waals surface area contributed by atoms with Crippen LogP contribution in [0.1, 0.15) is 43.6 Å². The summed E-state index contributed by atoms with van der Waals surface area (Å²) < 4.78 is 35.7. The lowest BCUT2D eigenvalue weighted by atomic mass is 10.00. The Morgan fingerprint density at radius 3 is 2.50 bits per heavy atom. The van der Waals surface area contributed by atoms with Gasteiger partial charge in [-0.15, -0.1) is 0 Å². The zero-order valence-electron chi connectivity index (χ0n) is 18.5. The highest BCUT2D eigenvalue weighted by Crippen LogP contribution is 2.32. The summed E-state index contributed by atoms with van der Waals surface area (Å²) in [5.41, 5.74) is 1.85. The highest BCUT2D eigenvalue weighted by atomic mass is 19.1. The van der Waals surface area contributed by atoms with Crippen LogP contribution in [-0.2, 0) is 9.53 Å². The molecule has 3 aromatic rings. The number of halogens is 2. The molecule has 0 unspecified atom stereocenters. The highest BCUT2D eigenvalue weighted by Gasteiger charge is 2.39. The van der Waals surface area contributed by atoms with Crippen LogP contribution in [0, 0.1) is 18.6 Å². The normalized spacial score (nSPS) is 18.0. The predicted molar refractivity (Wildman–Crippen MR) is 118 cm³/mol. The number of imidazole rings is 1. The van der Waals surface area contributed by atoms with Crippen molar-refractivity contribution in [3.63, 3.8) is 0 Å². The molecule has 1 saturated heterocycles. The Kier molecular flexibility index (Phi) is 5.59.